The molecule has 1 N–H and O–H groups in total. The van der Waals surface area contributed by atoms with Gasteiger partial charge < -0.3 is 5.11 Å². The summed E-state index contributed by atoms with van der Waals surface area (Å²) in [5.74, 6) is 0.261. The van der Waals surface area contributed by atoms with Crippen LogP contribution in [-0.2, 0) is 4.79 Å². The summed E-state index contributed by atoms with van der Waals surface area (Å²) in [5, 5.41) is 9.52. The Labute approximate surface area is 80.3 Å². The van der Waals surface area contributed by atoms with E-state index in [4.69, 9.17) is 0 Å². The number of Topliss-reactive ketones (excluding diaryl/α,β-unsaturated/α-hetero) is 1. The summed E-state index contributed by atoms with van der Waals surface area (Å²) in [6.07, 6.45) is 6.42. The summed E-state index contributed by atoms with van der Waals surface area (Å²) in [5.41, 5.74) is 0. The smallest absolute Gasteiger partial charge is 0.164 e. The first-order valence-corrected chi connectivity index (χ1v) is 5.47. The van der Waals surface area contributed by atoms with E-state index in [0.717, 1.165) is 32.1 Å². The van der Waals surface area contributed by atoms with Crippen LogP contribution >= 0.6 is 0 Å². The Morgan fingerprint density at radius 1 is 1.38 bits per heavy atom. The number of aliphatic hydroxyl groups excluding tert-OH is 1. The lowest BCUT2D eigenvalue weighted by atomic mass is 9.84. The predicted octanol–water partition coefficient (Wildman–Crippen LogP) is 2.30. The third kappa shape index (κ3) is 3.11. The van der Waals surface area contributed by atoms with Gasteiger partial charge in [0.05, 0.1) is 0 Å². The van der Waals surface area contributed by atoms with Gasteiger partial charge in [0.15, 0.2) is 5.78 Å². The molecule has 0 aromatic heterocycles. The normalized spacial score (nSPS) is 21.4. The van der Waals surface area contributed by atoms with Crippen molar-refractivity contribution in [3.8, 4) is 0 Å². The number of aliphatic hydroxyl groups is 1. The van der Waals surface area contributed by atoms with Crippen molar-refractivity contribution in [2.45, 2.75) is 58.0 Å². The first-order chi connectivity index (χ1) is 6.25. The van der Waals surface area contributed by atoms with Gasteiger partial charge in [-0.2, -0.15) is 0 Å². The van der Waals surface area contributed by atoms with Gasteiger partial charge in [-0.25, -0.2) is 0 Å². The molecule has 0 spiro atoms. The molecule has 0 amide bonds. The maximum atomic E-state index is 11.6. The SMILES string of the molecule is CCCC(O)C(=O)C1CCCCC1. The largest absolute Gasteiger partial charge is 0.385 e. The summed E-state index contributed by atoms with van der Waals surface area (Å²) < 4.78 is 0. The molecule has 0 aromatic rings. The number of hydrogen-bond donors (Lipinski definition) is 1. The van der Waals surface area contributed by atoms with E-state index < -0.39 is 6.10 Å². The highest BCUT2D eigenvalue weighted by Crippen LogP contribution is 2.25. The van der Waals surface area contributed by atoms with E-state index in [1.807, 2.05) is 6.92 Å². The summed E-state index contributed by atoms with van der Waals surface area (Å²) in [6.45, 7) is 2.00. The molecule has 0 bridgehead atoms. The molecular formula is C11H20O2. The van der Waals surface area contributed by atoms with Crippen LogP contribution in [0.2, 0.25) is 0 Å². The lowest BCUT2D eigenvalue weighted by Gasteiger charge is -2.22. The third-order valence-corrected chi connectivity index (χ3v) is 2.90. The Balaban J connectivity index is 2.36. The lowest BCUT2D eigenvalue weighted by molar-refractivity contribution is -0.132. The van der Waals surface area contributed by atoms with Gasteiger partial charge in [-0.3, -0.25) is 4.79 Å². The molecule has 76 valence electrons. The van der Waals surface area contributed by atoms with Crippen LogP contribution in [0.5, 0.6) is 0 Å². The maximum Gasteiger partial charge on any atom is 0.164 e. The van der Waals surface area contributed by atoms with Gasteiger partial charge in [-0.05, 0) is 19.3 Å². The molecular weight excluding hydrogens is 164 g/mol. The van der Waals surface area contributed by atoms with Crippen LogP contribution in [0.1, 0.15) is 51.9 Å². The van der Waals surface area contributed by atoms with Gasteiger partial charge in [0.25, 0.3) is 0 Å². The van der Waals surface area contributed by atoms with E-state index in [1.165, 1.54) is 6.42 Å². The van der Waals surface area contributed by atoms with Crippen molar-refractivity contribution in [3.63, 3.8) is 0 Å². The number of ketones is 1. The minimum absolute atomic E-state index is 0.0987. The predicted molar refractivity (Wildman–Crippen MR) is 52.5 cm³/mol. The molecule has 0 heterocycles. The average Bonchev–Trinajstić information content (AvgIpc) is 2.18. The highest BCUT2D eigenvalue weighted by atomic mass is 16.3. The number of carbonyl (C=O) groups is 1. The molecule has 2 nitrogen and oxygen atoms in total. The van der Waals surface area contributed by atoms with Crippen LogP contribution in [-0.4, -0.2) is 17.0 Å². The maximum absolute atomic E-state index is 11.6. The van der Waals surface area contributed by atoms with E-state index in [2.05, 4.69) is 0 Å². The summed E-state index contributed by atoms with van der Waals surface area (Å²) in [6, 6.07) is 0. The van der Waals surface area contributed by atoms with E-state index in [-0.39, 0.29) is 11.7 Å². The molecule has 1 fully saturated rings. The molecule has 0 aromatic carbocycles. The molecule has 2 heteroatoms. The minimum Gasteiger partial charge on any atom is -0.385 e. The van der Waals surface area contributed by atoms with Crippen LogP contribution in [0.25, 0.3) is 0 Å². The Hall–Kier alpha value is -0.370. The van der Waals surface area contributed by atoms with Crippen molar-refractivity contribution >= 4 is 5.78 Å². The third-order valence-electron chi connectivity index (χ3n) is 2.90. The van der Waals surface area contributed by atoms with Crippen molar-refractivity contribution in [1.29, 1.82) is 0 Å². The Morgan fingerprint density at radius 2 is 2.00 bits per heavy atom. The fourth-order valence-electron chi connectivity index (χ4n) is 2.07. The number of carbonyl (C=O) groups excluding carboxylic acids is 1. The molecule has 1 atom stereocenters. The van der Waals surface area contributed by atoms with Crippen LogP contribution in [0.15, 0.2) is 0 Å². The van der Waals surface area contributed by atoms with Crippen molar-refractivity contribution in [2.24, 2.45) is 5.92 Å². The quantitative estimate of drug-likeness (QED) is 0.728. The van der Waals surface area contributed by atoms with E-state index >= 15 is 0 Å². The second kappa shape index (κ2) is 5.38. The van der Waals surface area contributed by atoms with Crippen molar-refractivity contribution in [2.75, 3.05) is 0 Å². The van der Waals surface area contributed by atoms with Crippen LogP contribution in [0.3, 0.4) is 0 Å². The molecule has 1 rings (SSSR count). The highest BCUT2D eigenvalue weighted by molar-refractivity contribution is 5.85. The van der Waals surface area contributed by atoms with Crippen LogP contribution in [0.4, 0.5) is 0 Å². The summed E-state index contributed by atoms with van der Waals surface area (Å²) >= 11 is 0. The molecule has 0 radical (unpaired) electrons. The van der Waals surface area contributed by atoms with Crippen molar-refractivity contribution < 1.29 is 9.90 Å². The van der Waals surface area contributed by atoms with Gasteiger partial charge in [-0.15, -0.1) is 0 Å². The summed E-state index contributed by atoms with van der Waals surface area (Å²) in [4.78, 5) is 11.6. The standard InChI is InChI=1S/C11H20O2/c1-2-6-10(12)11(13)9-7-4-3-5-8-9/h9-10,12H,2-8H2,1H3. The van der Waals surface area contributed by atoms with E-state index in [9.17, 15) is 9.90 Å². The average molecular weight is 184 g/mol. The Morgan fingerprint density at radius 3 is 2.54 bits per heavy atom. The summed E-state index contributed by atoms with van der Waals surface area (Å²) in [7, 11) is 0. The van der Waals surface area contributed by atoms with Crippen LogP contribution in [0, 0.1) is 5.92 Å². The second-order valence-electron chi connectivity index (χ2n) is 4.04. The zero-order valence-electron chi connectivity index (χ0n) is 8.46. The number of hydrogen-bond acceptors (Lipinski definition) is 2. The Bertz CT molecular complexity index is 159. The molecule has 0 aliphatic heterocycles. The molecule has 1 unspecified atom stereocenters. The minimum atomic E-state index is -0.687. The van der Waals surface area contributed by atoms with Gasteiger partial charge in [0, 0.05) is 5.92 Å². The first-order valence-electron chi connectivity index (χ1n) is 5.47. The lowest BCUT2D eigenvalue weighted by Crippen LogP contribution is -2.29. The second-order valence-corrected chi connectivity index (χ2v) is 4.04. The molecule has 13 heavy (non-hydrogen) atoms. The fourth-order valence-corrected chi connectivity index (χ4v) is 2.07. The van der Waals surface area contributed by atoms with Gasteiger partial charge in [0.2, 0.25) is 0 Å². The van der Waals surface area contributed by atoms with Crippen LogP contribution < -0.4 is 0 Å². The number of rotatable bonds is 4. The van der Waals surface area contributed by atoms with E-state index in [0.29, 0.717) is 6.42 Å². The topological polar surface area (TPSA) is 37.3 Å². The van der Waals surface area contributed by atoms with E-state index in [1.54, 1.807) is 0 Å². The highest BCUT2D eigenvalue weighted by Gasteiger charge is 2.25. The van der Waals surface area contributed by atoms with Crippen molar-refractivity contribution in [3.05, 3.63) is 0 Å². The molecule has 0 saturated heterocycles. The van der Waals surface area contributed by atoms with Gasteiger partial charge in [-0.1, -0.05) is 32.6 Å². The zero-order chi connectivity index (χ0) is 9.68. The van der Waals surface area contributed by atoms with Gasteiger partial charge >= 0.3 is 0 Å². The molecule has 1 saturated carbocycles. The monoisotopic (exact) mass is 184 g/mol. The first kappa shape index (κ1) is 10.7. The fraction of sp³-hybridized carbons (Fsp3) is 0.909. The van der Waals surface area contributed by atoms with Gasteiger partial charge in [0.1, 0.15) is 6.10 Å². The Kier molecular flexibility index (Phi) is 4.43. The molecule has 1 aliphatic rings. The zero-order valence-corrected chi connectivity index (χ0v) is 8.46. The van der Waals surface area contributed by atoms with Crippen molar-refractivity contribution in [1.82, 2.24) is 0 Å². The molecule has 1 aliphatic carbocycles.